The van der Waals surface area contributed by atoms with Crippen molar-refractivity contribution in [2.45, 2.75) is 46.0 Å². The molecule has 0 saturated heterocycles. The second-order valence-electron chi connectivity index (χ2n) is 3.29. The van der Waals surface area contributed by atoms with E-state index in [1.807, 2.05) is 0 Å². The van der Waals surface area contributed by atoms with Crippen LogP contribution in [0.2, 0.25) is 0 Å². The van der Waals surface area contributed by atoms with E-state index in [1.165, 1.54) is 32.1 Å². The summed E-state index contributed by atoms with van der Waals surface area (Å²) in [5, 5.41) is 0. The minimum Gasteiger partial charge on any atom is -0.0882 e. The molecule has 0 atom stereocenters. The summed E-state index contributed by atoms with van der Waals surface area (Å²) in [5.74, 6) is 0. The highest BCUT2D eigenvalue weighted by molar-refractivity contribution is 5.14. The smallest absolute Gasteiger partial charge is 0.0283 e. The first kappa shape index (κ1) is 8.58. The van der Waals surface area contributed by atoms with Gasteiger partial charge in [0.15, 0.2) is 0 Å². The standard InChI is InChI=1S/C11H18/c1-3-11-9-7-5-4-6-8-10(11)2/h4-5H,3,6-9H2,1-2H3. The predicted octanol–water partition coefficient (Wildman–Crippen LogP) is 3.84. The summed E-state index contributed by atoms with van der Waals surface area (Å²) in [7, 11) is 0. The Morgan fingerprint density at radius 1 is 1.18 bits per heavy atom. The van der Waals surface area contributed by atoms with Gasteiger partial charge in [-0.1, -0.05) is 30.2 Å². The third-order valence-corrected chi connectivity index (χ3v) is 2.50. The van der Waals surface area contributed by atoms with Crippen LogP contribution in [0, 0.1) is 0 Å². The van der Waals surface area contributed by atoms with E-state index in [-0.39, 0.29) is 0 Å². The summed E-state index contributed by atoms with van der Waals surface area (Å²) < 4.78 is 0. The average molecular weight is 150 g/mol. The van der Waals surface area contributed by atoms with Crippen molar-refractivity contribution < 1.29 is 0 Å². The topological polar surface area (TPSA) is 0 Å². The largest absolute Gasteiger partial charge is 0.0882 e. The lowest BCUT2D eigenvalue weighted by Crippen LogP contribution is -1.90. The molecule has 0 aromatic carbocycles. The molecule has 0 aliphatic heterocycles. The van der Waals surface area contributed by atoms with Crippen molar-refractivity contribution in [3.8, 4) is 0 Å². The third-order valence-electron chi connectivity index (χ3n) is 2.50. The Morgan fingerprint density at radius 3 is 2.45 bits per heavy atom. The molecule has 0 bridgehead atoms. The fourth-order valence-electron chi connectivity index (χ4n) is 1.66. The summed E-state index contributed by atoms with van der Waals surface area (Å²) in [5.41, 5.74) is 3.33. The van der Waals surface area contributed by atoms with Crippen LogP contribution >= 0.6 is 0 Å². The van der Waals surface area contributed by atoms with Crippen LogP contribution in [-0.2, 0) is 0 Å². The van der Waals surface area contributed by atoms with Gasteiger partial charge in [-0.15, -0.1) is 0 Å². The van der Waals surface area contributed by atoms with Gasteiger partial charge >= 0.3 is 0 Å². The molecule has 0 spiro atoms. The summed E-state index contributed by atoms with van der Waals surface area (Å²) >= 11 is 0. The first-order valence-electron chi connectivity index (χ1n) is 4.67. The molecule has 0 aromatic heterocycles. The van der Waals surface area contributed by atoms with Gasteiger partial charge in [-0.05, 0) is 39.0 Å². The third kappa shape index (κ3) is 2.53. The van der Waals surface area contributed by atoms with Crippen molar-refractivity contribution in [3.05, 3.63) is 23.3 Å². The molecule has 0 heterocycles. The predicted molar refractivity (Wildman–Crippen MR) is 50.6 cm³/mol. The van der Waals surface area contributed by atoms with Crippen molar-refractivity contribution in [2.24, 2.45) is 0 Å². The molecular formula is C11H18. The minimum atomic E-state index is 1.25. The molecule has 0 heteroatoms. The lowest BCUT2D eigenvalue weighted by atomic mass is 9.96. The molecule has 0 saturated carbocycles. The van der Waals surface area contributed by atoms with E-state index in [0.29, 0.717) is 0 Å². The molecule has 0 nitrogen and oxygen atoms in total. The first-order valence-corrected chi connectivity index (χ1v) is 4.67. The van der Waals surface area contributed by atoms with Crippen molar-refractivity contribution >= 4 is 0 Å². The summed E-state index contributed by atoms with van der Waals surface area (Å²) in [6, 6.07) is 0. The van der Waals surface area contributed by atoms with Gasteiger partial charge in [0.25, 0.3) is 0 Å². The lowest BCUT2D eigenvalue weighted by molar-refractivity contribution is 0.824. The molecule has 1 rings (SSSR count). The summed E-state index contributed by atoms with van der Waals surface area (Å²) in [6.07, 6.45) is 11.0. The number of hydrogen-bond donors (Lipinski definition) is 0. The van der Waals surface area contributed by atoms with Crippen LogP contribution in [0.3, 0.4) is 0 Å². The van der Waals surface area contributed by atoms with Crippen LogP contribution in [0.15, 0.2) is 23.3 Å². The fraction of sp³-hybridized carbons (Fsp3) is 0.636. The van der Waals surface area contributed by atoms with Crippen LogP contribution < -0.4 is 0 Å². The molecule has 0 amide bonds. The molecule has 1 aliphatic rings. The van der Waals surface area contributed by atoms with Gasteiger partial charge < -0.3 is 0 Å². The molecule has 11 heavy (non-hydrogen) atoms. The lowest BCUT2D eigenvalue weighted by Gasteiger charge is -2.10. The van der Waals surface area contributed by atoms with E-state index in [2.05, 4.69) is 26.0 Å². The van der Waals surface area contributed by atoms with Gasteiger partial charge in [-0.2, -0.15) is 0 Å². The average Bonchev–Trinajstić information content (AvgIpc) is 1.98. The number of rotatable bonds is 1. The highest BCUT2D eigenvalue weighted by Crippen LogP contribution is 2.21. The Hall–Kier alpha value is -0.520. The van der Waals surface area contributed by atoms with Crippen LogP contribution in [0.5, 0.6) is 0 Å². The summed E-state index contributed by atoms with van der Waals surface area (Å²) in [4.78, 5) is 0. The van der Waals surface area contributed by atoms with Crippen LogP contribution in [0.1, 0.15) is 46.0 Å². The van der Waals surface area contributed by atoms with Crippen molar-refractivity contribution in [1.29, 1.82) is 0 Å². The maximum atomic E-state index is 2.32. The molecule has 0 aromatic rings. The van der Waals surface area contributed by atoms with Crippen LogP contribution in [-0.4, -0.2) is 0 Å². The maximum Gasteiger partial charge on any atom is -0.0283 e. The second-order valence-corrected chi connectivity index (χ2v) is 3.29. The fourth-order valence-corrected chi connectivity index (χ4v) is 1.66. The van der Waals surface area contributed by atoms with Crippen LogP contribution in [0.25, 0.3) is 0 Å². The highest BCUT2D eigenvalue weighted by Gasteiger charge is 2.01. The van der Waals surface area contributed by atoms with Crippen molar-refractivity contribution in [1.82, 2.24) is 0 Å². The molecule has 1 aliphatic carbocycles. The number of hydrogen-bond acceptors (Lipinski definition) is 0. The van der Waals surface area contributed by atoms with Gasteiger partial charge in [0.2, 0.25) is 0 Å². The first-order chi connectivity index (χ1) is 5.34. The van der Waals surface area contributed by atoms with E-state index in [1.54, 1.807) is 11.1 Å². The Kier molecular flexibility index (Phi) is 3.41. The molecule has 0 unspecified atom stereocenters. The van der Waals surface area contributed by atoms with E-state index < -0.39 is 0 Å². The Balaban J connectivity index is 2.61. The monoisotopic (exact) mass is 150 g/mol. The normalized spacial score (nSPS) is 19.8. The SMILES string of the molecule is CCC1=C(C)CCC=CCC1. The van der Waals surface area contributed by atoms with Crippen molar-refractivity contribution in [2.75, 3.05) is 0 Å². The van der Waals surface area contributed by atoms with E-state index >= 15 is 0 Å². The zero-order valence-electron chi connectivity index (χ0n) is 7.69. The van der Waals surface area contributed by atoms with Gasteiger partial charge in [0, 0.05) is 0 Å². The van der Waals surface area contributed by atoms with E-state index in [0.717, 1.165) is 0 Å². The van der Waals surface area contributed by atoms with Gasteiger partial charge in [0.05, 0.1) is 0 Å². The maximum absolute atomic E-state index is 2.32. The molecule has 62 valence electrons. The quantitative estimate of drug-likeness (QED) is 0.498. The van der Waals surface area contributed by atoms with E-state index in [4.69, 9.17) is 0 Å². The minimum absolute atomic E-state index is 1.25. The second kappa shape index (κ2) is 4.38. The van der Waals surface area contributed by atoms with Gasteiger partial charge in [-0.3, -0.25) is 0 Å². The van der Waals surface area contributed by atoms with Gasteiger partial charge in [-0.25, -0.2) is 0 Å². The van der Waals surface area contributed by atoms with E-state index in [9.17, 15) is 0 Å². The molecule has 0 N–H and O–H groups in total. The zero-order chi connectivity index (χ0) is 8.10. The molecule has 0 fully saturated rings. The van der Waals surface area contributed by atoms with Crippen molar-refractivity contribution in [3.63, 3.8) is 0 Å². The zero-order valence-corrected chi connectivity index (χ0v) is 7.69. The Bertz CT molecular complexity index is 172. The van der Waals surface area contributed by atoms with Gasteiger partial charge in [0.1, 0.15) is 0 Å². The van der Waals surface area contributed by atoms with Crippen LogP contribution in [0.4, 0.5) is 0 Å². The summed E-state index contributed by atoms with van der Waals surface area (Å²) in [6.45, 7) is 4.56. The Morgan fingerprint density at radius 2 is 1.82 bits per heavy atom. The molecular weight excluding hydrogens is 132 g/mol. The highest BCUT2D eigenvalue weighted by atomic mass is 14.1. The molecule has 0 radical (unpaired) electrons. The Labute approximate surface area is 70.0 Å². The number of allylic oxidation sites excluding steroid dienone is 4.